The number of rotatable bonds is 1. The molecule has 2 rings (SSSR count). The summed E-state index contributed by atoms with van der Waals surface area (Å²) in [6.07, 6.45) is 3.33. The second-order valence-electron chi connectivity index (χ2n) is 1.65. The number of hydrogen-bond acceptors (Lipinski definition) is 5. The predicted molar refractivity (Wildman–Crippen MR) is 35.3 cm³/mol. The van der Waals surface area contributed by atoms with Crippen LogP contribution in [0.1, 0.15) is 0 Å². The Bertz CT molecular complexity index is 253. The van der Waals surface area contributed by atoms with Gasteiger partial charge in [0.25, 0.3) is 0 Å². The molecule has 0 bridgehead atoms. The van der Waals surface area contributed by atoms with Gasteiger partial charge in [-0.05, 0) is 0 Å². The molecule has 2 heterocycles. The number of aromatic amines is 1. The highest BCUT2D eigenvalue weighted by molar-refractivity contribution is 6.99. The summed E-state index contributed by atoms with van der Waals surface area (Å²) in [7, 11) is 0. The first-order valence-corrected chi connectivity index (χ1v) is 3.34. The van der Waals surface area contributed by atoms with Crippen LogP contribution in [0, 0.1) is 0 Å². The van der Waals surface area contributed by atoms with Gasteiger partial charge in [-0.3, -0.25) is 5.10 Å². The standard InChI is InChI=1S/C4H3N5S/c1-3(7-9-5-1)4-2-6-10-8-4/h1-2H,(H,5,7,9). The number of aromatic nitrogens is 5. The lowest BCUT2D eigenvalue weighted by molar-refractivity contribution is 0.941. The Balaban J connectivity index is 2.48. The van der Waals surface area contributed by atoms with Gasteiger partial charge in [-0.15, -0.1) is 5.10 Å². The summed E-state index contributed by atoms with van der Waals surface area (Å²) in [5.74, 6) is 0. The highest BCUT2D eigenvalue weighted by atomic mass is 32.1. The third kappa shape index (κ3) is 0.781. The van der Waals surface area contributed by atoms with E-state index in [1.54, 1.807) is 12.4 Å². The number of nitrogens with one attached hydrogen (secondary N) is 1. The summed E-state index contributed by atoms with van der Waals surface area (Å²) in [6, 6.07) is 0. The maximum Gasteiger partial charge on any atom is 0.133 e. The van der Waals surface area contributed by atoms with Crippen molar-refractivity contribution in [2.45, 2.75) is 0 Å². The number of H-pyrrole nitrogens is 1. The van der Waals surface area contributed by atoms with E-state index in [-0.39, 0.29) is 0 Å². The van der Waals surface area contributed by atoms with Crippen molar-refractivity contribution in [1.29, 1.82) is 0 Å². The first kappa shape index (κ1) is 5.48. The molecule has 6 heteroatoms. The fourth-order valence-corrected chi connectivity index (χ4v) is 1.03. The molecule has 10 heavy (non-hydrogen) atoms. The molecule has 0 aliphatic rings. The molecule has 0 radical (unpaired) electrons. The summed E-state index contributed by atoms with van der Waals surface area (Å²) in [5, 5.41) is 9.89. The van der Waals surface area contributed by atoms with Crippen LogP contribution < -0.4 is 0 Å². The monoisotopic (exact) mass is 153 g/mol. The van der Waals surface area contributed by atoms with Gasteiger partial charge < -0.3 is 0 Å². The lowest BCUT2D eigenvalue weighted by Gasteiger charge is -1.78. The average Bonchev–Trinajstić information content (AvgIpc) is 2.59. The molecule has 0 aromatic carbocycles. The molecule has 0 fully saturated rings. The van der Waals surface area contributed by atoms with Crippen LogP contribution in [0.2, 0.25) is 0 Å². The Morgan fingerprint density at radius 1 is 1.40 bits per heavy atom. The van der Waals surface area contributed by atoms with E-state index in [0.717, 1.165) is 23.1 Å². The molecule has 50 valence electrons. The van der Waals surface area contributed by atoms with Gasteiger partial charge in [0.15, 0.2) is 0 Å². The van der Waals surface area contributed by atoms with Crippen molar-refractivity contribution in [1.82, 2.24) is 24.2 Å². The summed E-state index contributed by atoms with van der Waals surface area (Å²) >= 11 is 1.16. The average molecular weight is 153 g/mol. The number of nitrogens with zero attached hydrogens (tertiary/aromatic N) is 4. The fraction of sp³-hybridized carbons (Fsp3) is 0. The number of hydrogen-bond donors (Lipinski definition) is 1. The molecular formula is C4H3N5S. The van der Waals surface area contributed by atoms with Crippen molar-refractivity contribution < 1.29 is 0 Å². The normalized spacial score (nSPS) is 10.0. The van der Waals surface area contributed by atoms with Crippen LogP contribution in [-0.4, -0.2) is 24.2 Å². The largest absolute Gasteiger partial charge is 0.265 e. The second kappa shape index (κ2) is 2.14. The second-order valence-corrected chi connectivity index (χ2v) is 2.21. The Labute approximate surface area is 60.4 Å². The van der Waals surface area contributed by atoms with Crippen molar-refractivity contribution >= 4 is 11.7 Å². The third-order valence-corrected chi connectivity index (χ3v) is 1.52. The van der Waals surface area contributed by atoms with E-state index < -0.39 is 0 Å². The highest BCUT2D eigenvalue weighted by Gasteiger charge is 2.01. The van der Waals surface area contributed by atoms with E-state index in [1.165, 1.54) is 0 Å². The maximum absolute atomic E-state index is 3.97. The lowest BCUT2D eigenvalue weighted by atomic mass is 10.4. The molecule has 0 aliphatic heterocycles. The minimum Gasteiger partial charge on any atom is -0.265 e. The van der Waals surface area contributed by atoms with Crippen LogP contribution in [0.25, 0.3) is 11.4 Å². The Kier molecular flexibility index (Phi) is 1.17. The molecular weight excluding hydrogens is 150 g/mol. The van der Waals surface area contributed by atoms with E-state index in [0.29, 0.717) is 0 Å². The molecule has 2 aromatic heterocycles. The van der Waals surface area contributed by atoms with Gasteiger partial charge in [-0.2, -0.15) is 8.75 Å². The van der Waals surface area contributed by atoms with Gasteiger partial charge in [0.2, 0.25) is 0 Å². The van der Waals surface area contributed by atoms with Crippen LogP contribution in [0.3, 0.4) is 0 Å². The molecule has 1 N–H and O–H groups in total. The molecule has 0 aliphatic carbocycles. The summed E-state index contributed by atoms with van der Waals surface area (Å²) in [4.78, 5) is 0. The summed E-state index contributed by atoms with van der Waals surface area (Å²) < 4.78 is 7.79. The third-order valence-electron chi connectivity index (χ3n) is 1.04. The van der Waals surface area contributed by atoms with Crippen molar-refractivity contribution in [2.24, 2.45) is 0 Å². The molecule has 5 nitrogen and oxygen atoms in total. The van der Waals surface area contributed by atoms with E-state index in [4.69, 9.17) is 0 Å². The van der Waals surface area contributed by atoms with E-state index in [1.807, 2.05) is 0 Å². The Morgan fingerprint density at radius 3 is 3.00 bits per heavy atom. The molecule has 0 saturated carbocycles. The molecule has 0 amide bonds. The van der Waals surface area contributed by atoms with E-state index in [9.17, 15) is 0 Å². The quantitative estimate of drug-likeness (QED) is 0.640. The molecule has 0 atom stereocenters. The molecule has 0 saturated heterocycles. The minimum absolute atomic E-state index is 0.730. The summed E-state index contributed by atoms with van der Waals surface area (Å²) in [5.41, 5.74) is 1.49. The Hall–Kier alpha value is -1.30. The fourth-order valence-electron chi connectivity index (χ4n) is 0.604. The van der Waals surface area contributed by atoms with E-state index in [2.05, 4.69) is 24.2 Å². The van der Waals surface area contributed by atoms with Gasteiger partial charge >= 0.3 is 0 Å². The zero-order chi connectivity index (χ0) is 6.81. The van der Waals surface area contributed by atoms with Crippen LogP contribution in [-0.2, 0) is 0 Å². The van der Waals surface area contributed by atoms with Crippen molar-refractivity contribution in [3.8, 4) is 11.4 Å². The van der Waals surface area contributed by atoms with Crippen molar-refractivity contribution in [3.05, 3.63) is 12.4 Å². The van der Waals surface area contributed by atoms with Crippen LogP contribution in [0.5, 0.6) is 0 Å². The molecule has 0 unspecified atom stereocenters. The Morgan fingerprint density at radius 2 is 2.40 bits per heavy atom. The van der Waals surface area contributed by atoms with E-state index >= 15 is 0 Å². The SMILES string of the molecule is c1[nH]nnc1-c1cnsn1. The van der Waals surface area contributed by atoms with Gasteiger partial charge in [-0.1, -0.05) is 5.21 Å². The topological polar surface area (TPSA) is 67.3 Å². The van der Waals surface area contributed by atoms with Gasteiger partial charge in [0, 0.05) is 0 Å². The highest BCUT2D eigenvalue weighted by Crippen LogP contribution is 2.10. The van der Waals surface area contributed by atoms with Crippen LogP contribution in [0.15, 0.2) is 12.4 Å². The zero-order valence-electron chi connectivity index (χ0n) is 4.85. The van der Waals surface area contributed by atoms with Crippen molar-refractivity contribution in [2.75, 3.05) is 0 Å². The summed E-state index contributed by atoms with van der Waals surface area (Å²) in [6.45, 7) is 0. The van der Waals surface area contributed by atoms with Gasteiger partial charge in [0.05, 0.1) is 24.1 Å². The predicted octanol–water partition coefficient (Wildman–Crippen LogP) is 0.323. The van der Waals surface area contributed by atoms with Gasteiger partial charge in [0.1, 0.15) is 11.4 Å². The molecule has 0 spiro atoms. The van der Waals surface area contributed by atoms with Gasteiger partial charge in [-0.25, -0.2) is 0 Å². The van der Waals surface area contributed by atoms with Crippen molar-refractivity contribution in [3.63, 3.8) is 0 Å². The smallest absolute Gasteiger partial charge is 0.133 e. The minimum atomic E-state index is 0.730. The molecule has 2 aromatic rings. The first-order valence-electron chi connectivity index (χ1n) is 2.61. The van der Waals surface area contributed by atoms with Crippen LogP contribution in [0.4, 0.5) is 0 Å². The van der Waals surface area contributed by atoms with Crippen LogP contribution >= 0.6 is 11.7 Å². The lowest BCUT2D eigenvalue weighted by Crippen LogP contribution is -1.74. The zero-order valence-corrected chi connectivity index (χ0v) is 5.67. The maximum atomic E-state index is 3.97. The first-order chi connectivity index (χ1) is 4.97.